The van der Waals surface area contributed by atoms with E-state index >= 15 is 0 Å². The van der Waals surface area contributed by atoms with Crippen molar-refractivity contribution in [3.8, 4) is 11.4 Å². The molecule has 0 aliphatic heterocycles. The predicted octanol–water partition coefficient (Wildman–Crippen LogP) is 3.51. The van der Waals surface area contributed by atoms with Gasteiger partial charge in [-0.1, -0.05) is 6.07 Å². The fourth-order valence-corrected chi connectivity index (χ4v) is 2.51. The Bertz CT molecular complexity index is 861. The quantitative estimate of drug-likeness (QED) is 0.774. The summed E-state index contributed by atoms with van der Waals surface area (Å²) in [6.07, 6.45) is 5.21. The molecule has 3 aromatic rings. The third kappa shape index (κ3) is 3.68. The summed E-state index contributed by atoms with van der Waals surface area (Å²) in [5.41, 5.74) is 2.12. The number of aromatic nitrogens is 2. The van der Waals surface area contributed by atoms with Crippen LogP contribution in [-0.4, -0.2) is 22.6 Å². The molecule has 1 aromatic heterocycles. The molecule has 0 radical (unpaired) electrons. The maximum absolute atomic E-state index is 13.8. The molecule has 1 amide bonds. The lowest BCUT2D eigenvalue weighted by molar-refractivity contribution is 0.0940. The minimum absolute atomic E-state index is 0.178. The van der Waals surface area contributed by atoms with Gasteiger partial charge in [-0.3, -0.25) is 4.79 Å². The number of hydrogen-bond donors (Lipinski definition) is 1. The van der Waals surface area contributed by atoms with Gasteiger partial charge >= 0.3 is 0 Å². The van der Waals surface area contributed by atoms with Crippen LogP contribution in [0.5, 0.6) is 5.75 Å². The van der Waals surface area contributed by atoms with Gasteiger partial charge in [0.15, 0.2) is 11.6 Å². The van der Waals surface area contributed by atoms with Crippen molar-refractivity contribution in [2.75, 3.05) is 7.11 Å². The number of hydrogen-bond acceptors (Lipinski definition) is 3. The molecule has 0 saturated heterocycles. The summed E-state index contributed by atoms with van der Waals surface area (Å²) in [6, 6.07) is 11.5. The molecule has 1 N–H and O–H groups in total. The van der Waals surface area contributed by atoms with E-state index in [0.29, 0.717) is 11.1 Å². The number of benzene rings is 2. The molecule has 1 heterocycles. The predicted molar refractivity (Wildman–Crippen MR) is 92.4 cm³/mol. The molecule has 128 valence electrons. The topological polar surface area (TPSA) is 56.1 Å². The zero-order valence-electron chi connectivity index (χ0n) is 13.9. The third-order valence-electron chi connectivity index (χ3n) is 3.96. The number of nitrogens with zero attached hydrogens (tertiary/aromatic N) is 2. The fourth-order valence-electron chi connectivity index (χ4n) is 2.51. The second-order valence-corrected chi connectivity index (χ2v) is 5.61. The van der Waals surface area contributed by atoms with Gasteiger partial charge < -0.3 is 14.6 Å². The molecule has 0 saturated carbocycles. The average molecular weight is 339 g/mol. The Labute approximate surface area is 145 Å². The summed E-state index contributed by atoms with van der Waals surface area (Å²) in [6.45, 7) is 1.80. The van der Waals surface area contributed by atoms with E-state index < -0.39 is 5.82 Å². The number of carbonyl (C=O) groups is 1. The zero-order valence-corrected chi connectivity index (χ0v) is 13.9. The number of ether oxygens (including phenoxy) is 1. The van der Waals surface area contributed by atoms with Gasteiger partial charge in [0.25, 0.3) is 5.91 Å². The highest BCUT2D eigenvalue weighted by molar-refractivity contribution is 5.94. The summed E-state index contributed by atoms with van der Waals surface area (Å²) in [7, 11) is 1.41. The molecule has 0 unspecified atom stereocenters. The van der Waals surface area contributed by atoms with Crippen LogP contribution in [0.15, 0.2) is 61.2 Å². The van der Waals surface area contributed by atoms with Crippen LogP contribution in [0, 0.1) is 5.82 Å². The van der Waals surface area contributed by atoms with Crippen LogP contribution in [0.1, 0.15) is 28.9 Å². The summed E-state index contributed by atoms with van der Waals surface area (Å²) in [4.78, 5) is 16.4. The van der Waals surface area contributed by atoms with E-state index in [-0.39, 0.29) is 17.7 Å². The summed E-state index contributed by atoms with van der Waals surface area (Å²) >= 11 is 0. The van der Waals surface area contributed by atoms with Crippen molar-refractivity contribution in [3.63, 3.8) is 0 Å². The van der Waals surface area contributed by atoms with Crippen molar-refractivity contribution in [3.05, 3.63) is 78.1 Å². The van der Waals surface area contributed by atoms with E-state index in [2.05, 4.69) is 10.3 Å². The Morgan fingerprint density at radius 1 is 1.24 bits per heavy atom. The van der Waals surface area contributed by atoms with Crippen molar-refractivity contribution in [1.82, 2.24) is 14.9 Å². The highest BCUT2D eigenvalue weighted by atomic mass is 19.1. The minimum Gasteiger partial charge on any atom is -0.494 e. The highest BCUT2D eigenvalue weighted by Crippen LogP contribution is 2.22. The lowest BCUT2D eigenvalue weighted by atomic mass is 10.1. The highest BCUT2D eigenvalue weighted by Gasteiger charge is 2.13. The van der Waals surface area contributed by atoms with Gasteiger partial charge in [-0.05, 0) is 48.9 Å². The molecular formula is C19H18FN3O2. The fraction of sp³-hybridized carbons (Fsp3) is 0.158. The van der Waals surface area contributed by atoms with Gasteiger partial charge in [-0.25, -0.2) is 9.37 Å². The Morgan fingerprint density at radius 3 is 2.60 bits per heavy atom. The van der Waals surface area contributed by atoms with Crippen molar-refractivity contribution in [2.24, 2.45) is 0 Å². The van der Waals surface area contributed by atoms with Gasteiger partial charge in [0, 0.05) is 23.6 Å². The lowest BCUT2D eigenvalue weighted by Crippen LogP contribution is -2.26. The van der Waals surface area contributed by atoms with Crippen molar-refractivity contribution >= 4 is 5.91 Å². The number of halogens is 1. The van der Waals surface area contributed by atoms with Crippen LogP contribution in [0.2, 0.25) is 0 Å². The Morgan fingerprint density at radius 2 is 2.00 bits per heavy atom. The number of nitrogens with one attached hydrogen (secondary N) is 1. The van der Waals surface area contributed by atoms with Gasteiger partial charge in [-0.2, -0.15) is 0 Å². The van der Waals surface area contributed by atoms with Crippen molar-refractivity contribution < 1.29 is 13.9 Å². The molecule has 0 spiro atoms. The molecule has 0 aliphatic carbocycles. The van der Waals surface area contributed by atoms with E-state index in [9.17, 15) is 9.18 Å². The SMILES string of the molecule is COc1ccc([C@H](C)NC(=O)c2ccc(-n3ccnc3)cc2)cc1F. The molecule has 0 aliphatic rings. The van der Waals surface area contributed by atoms with Crippen LogP contribution in [0.4, 0.5) is 4.39 Å². The number of amides is 1. The lowest BCUT2D eigenvalue weighted by Gasteiger charge is -2.15. The van der Waals surface area contributed by atoms with Crippen molar-refractivity contribution in [2.45, 2.75) is 13.0 Å². The monoisotopic (exact) mass is 339 g/mol. The molecule has 6 heteroatoms. The normalized spacial score (nSPS) is 11.8. The van der Waals surface area contributed by atoms with E-state index in [1.807, 2.05) is 22.9 Å². The summed E-state index contributed by atoms with van der Waals surface area (Å²) < 4.78 is 20.6. The molecular weight excluding hydrogens is 321 g/mol. The van der Waals surface area contributed by atoms with Gasteiger partial charge in [-0.15, -0.1) is 0 Å². The molecule has 0 fully saturated rings. The number of carbonyl (C=O) groups excluding carboxylic acids is 1. The largest absolute Gasteiger partial charge is 0.494 e. The smallest absolute Gasteiger partial charge is 0.251 e. The third-order valence-corrected chi connectivity index (χ3v) is 3.96. The first-order valence-electron chi connectivity index (χ1n) is 7.81. The molecule has 2 aromatic carbocycles. The second-order valence-electron chi connectivity index (χ2n) is 5.61. The summed E-state index contributed by atoms with van der Waals surface area (Å²) in [5.74, 6) is -0.496. The van der Waals surface area contributed by atoms with E-state index in [4.69, 9.17) is 4.74 Å². The Hall–Kier alpha value is -3.15. The molecule has 3 rings (SSSR count). The number of imidazole rings is 1. The van der Waals surface area contributed by atoms with Gasteiger partial charge in [0.2, 0.25) is 0 Å². The Balaban J connectivity index is 1.70. The molecule has 1 atom stereocenters. The maximum Gasteiger partial charge on any atom is 0.251 e. The van der Waals surface area contributed by atoms with Crippen LogP contribution < -0.4 is 10.1 Å². The number of methoxy groups -OCH3 is 1. The van der Waals surface area contributed by atoms with E-state index in [1.165, 1.54) is 13.2 Å². The van der Waals surface area contributed by atoms with Gasteiger partial charge in [0.05, 0.1) is 19.5 Å². The van der Waals surface area contributed by atoms with Crippen LogP contribution >= 0.6 is 0 Å². The summed E-state index contributed by atoms with van der Waals surface area (Å²) in [5, 5.41) is 2.87. The molecule has 5 nitrogen and oxygen atoms in total. The average Bonchev–Trinajstić information content (AvgIpc) is 3.16. The van der Waals surface area contributed by atoms with Gasteiger partial charge in [0.1, 0.15) is 0 Å². The molecule has 0 bridgehead atoms. The maximum atomic E-state index is 13.8. The first kappa shape index (κ1) is 16.7. The zero-order chi connectivity index (χ0) is 17.8. The van der Waals surface area contributed by atoms with Crippen LogP contribution in [0.25, 0.3) is 5.69 Å². The van der Waals surface area contributed by atoms with E-state index in [1.54, 1.807) is 43.7 Å². The standard InChI is InChI=1S/C19H18FN3O2/c1-13(15-5-8-18(25-2)17(20)11-15)22-19(24)14-3-6-16(7-4-14)23-10-9-21-12-23/h3-13H,1-2H3,(H,22,24)/t13-/m0/s1. The second kappa shape index (κ2) is 7.17. The Kier molecular flexibility index (Phi) is 4.79. The first-order chi connectivity index (χ1) is 12.1. The van der Waals surface area contributed by atoms with Crippen LogP contribution in [0.3, 0.4) is 0 Å². The molecule has 25 heavy (non-hydrogen) atoms. The van der Waals surface area contributed by atoms with E-state index in [0.717, 1.165) is 5.69 Å². The van der Waals surface area contributed by atoms with Crippen LogP contribution in [-0.2, 0) is 0 Å². The minimum atomic E-state index is -0.453. The number of rotatable bonds is 5. The first-order valence-corrected chi connectivity index (χ1v) is 7.81. The van der Waals surface area contributed by atoms with Crippen molar-refractivity contribution in [1.29, 1.82) is 0 Å².